The van der Waals surface area contributed by atoms with Crippen molar-refractivity contribution in [3.63, 3.8) is 0 Å². The van der Waals surface area contributed by atoms with Crippen LogP contribution in [0.1, 0.15) is 50.6 Å². The first-order valence-electron chi connectivity index (χ1n) is 10.8. The van der Waals surface area contributed by atoms with Crippen LogP contribution in [0.25, 0.3) is 0 Å². The minimum Gasteiger partial charge on any atom is -0.372 e. The first-order valence-corrected chi connectivity index (χ1v) is 12.4. The summed E-state index contributed by atoms with van der Waals surface area (Å²) < 4.78 is 27.0. The van der Waals surface area contributed by atoms with E-state index in [1.165, 1.54) is 30.5 Å². The van der Waals surface area contributed by atoms with Gasteiger partial charge in [-0.25, -0.2) is 13.1 Å². The summed E-state index contributed by atoms with van der Waals surface area (Å²) in [5.74, 6) is 1.17. The summed E-state index contributed by atoms with van der Waals surface area (Å²) in [6, 6.07) is 8.66. The van der Waals surface area contributed by atoms with E-state index in [1.807, 2.05) is 0 Å². The lowest BCUT2D eigenvalue weighted by molar-refractivity contribution is 0.316. The fourth-order valence-corrected chi connectivity index (χ4v) is 4.77. The van der Waals surface area contributed by atoms with Crippen LogP contribution in [-0.4, -0.2) is 53.4 Å². The second-order valence-corrected chi connectivity index (χ2v) is 10.0. The maximum atomic E-state index is 12.1. The number of anilines is 1. The number of nitrogens with zero attached hydrogens (tertiary/aromatic N) is 2. The summed E-state index contributed by atoms with van der Waals surface area (Å²) in [6.45, 7) is 5.22. The molecule has 0 spiro atoms. The SMILES string of the molecule is CN=C(NCCS(=O)(=O)NCC1CCC1)NC(C)c1cccc(N2CCCC2)c1. The highest BCUT2D eigenvalue weighted by Gasteiger charge is 2.20. The number of aliphatic imine (C=N–C) groups is 1. The second-order valence-electron chi connectivity index (χ2n) is 8.12. The number of sulfonamides is 1. The van der Waals surface area contributed by atoms with E-state index in [2.05, 4.69) is 56.4 Å². The zero-order valence-electron chi connectivity index (χ0n) is 17.7. The maximum absolute atomic E-state index is 12.1. The molecule has 1 unspecified atom stereocenters. The second kappa shape index (κ2) is 10.3. The largest absolute Gasteiger partial charge is 0.372 e. The third kappa shape index (κ3) is 6.60. The predicted octanol–water partition coefficient (Wildman–Crippen LogP) is 2.23. The molecule has 3 rings (SSSR count). The quantitative estimate of drug-likeness (QED) is 0.421. The van der Waals surface area contributed by atoms with Gasteiger partial charge in [0.15, 0.2) is 5.96 Å². The van der Waals surface area contributed by atoms with Gasteiger partial charge in [0.05, 0.1) is 11.8 Å². The van der Waals surface area contributed by atoms with Crippen molar-refractivity contribution in [2.24, 2.45) is 10.9 Å². The molecule has 1 aromatic carbocycles. The van der Waals surface area contributed by atoms with Crippen LogP contribution in [-0.2, 0) is 10.0 Å². The molecular weight excluding hydrogens is 386 g/mol. The van der Waals surface area contributed by atoms with Crippen LogP contribution in [0.5, 0.6) is 0 Å². The van der Waals surface area contributed by atoms with Crippen molar-refractivity contribution in [2.75, 3.05) is 43.9 Å². The molecule has 7 nitrogen and oxygen atoms in total. The first kappa shape index (κ1) is 21.9. The van der Waals surface area contributed by atoms with Gasteiger partial charge in [-0.1, -0.05) is 18.6 Å². The van der Waals surface area contributed by atoms with E-state index in [0.717, 1.165) is 25.9 Å². The number of guanidine groups is 1. The summed E-state index contributed by atoms with van der Waals surface area (Å²) in [6.07, 6.45) is 6.00. The van der Waals surface area contributed by atoms with Crippen LogP contribution in [0.3, 0.4) is 0 Å². The molecule has 1 aromatic rings. The molecular formula is C21H35N5O2S. The standard InChI is InChI=1S/C21H35N5O2S/c1-17(19-9-6-10-20(15-19)26-12-3-4-13-26)25-21(22-2)23-11-14-29(27,28)24-16-18-7-5-8-18/h6,9-10,15,17-18,24H,3-5,7-8,11-14,16H2,1-2H3,(H2,22,23,25). The average Bonchev–Trinajstić information content (AvgIpc) is 3.20. The Morgan fingerprint density at radius 3 is 2.66 bits per heavy atom. The van der Waals surface area contributed by atoms with Gasteiger partial charge in [-0.2, -0.15) is 0 Å². The van der Waals surface area contributed by atoms with E-state index in [-0.39, 0.29) is 11.8 Å². The van der Waals surface area contributed by atoms with Crippen molar-refractivity contribution < 1.29 is 8.42 Å². The average molecular weight is 422 g/mol. The van der Waals surface area contributed by atoms with E-state index in [9.17, 15) is 8.42 Å². The first-order chi connectivity index (χ1) is 14.0. The van der Waals surface area contributed by atoms with Crippen LogP contribution in [0.2, 0.25) is 0 Å². The third-order valence-electron chi connectivity index (χ3n) is 5.90. The fourth-order valence-electron chi connectivity index (χ4n) is 3.77. The van der Waals surface area contributed by atoms with E-state index in [4.69, 9.17) is 0 Å². The number of hydrogen-bond donors (Lipinski definition) is 3. The minimum absolute atomic E-state index is 0.0409. The van der Waals surface area contributed by atoms with E-state index in [0.29, 0.717) is 25.0 Å². The number of rotatable bonds is 9. The van der Waals surface area contributed by atoms with E-state index < -0.39 is 10.0 Å². The van der Waals surface area contributed by atoms with Gasteiger partial charge in [0.1, 0.15) is 0 Å². The smallest absolute Gasteiger partial charge is 0.213 e. The van der Waals surface area contributed by atoms with Gasteiger partial charge in [-0.05, 0) is 56.2 Å². The molecule has 1 aliphatic carbocycles. The molecule has 1 heterocycles. The van der Waals surface area contributed by atoms with Crippen LogP contribution in [0.4, 0.5) is 5.69 Å². The molecule has 8 heteroatoms. The van der Waals surface area contributed by atoms with Gasteiger partial charge in [0.25, 0.3) is 0 Å². The van der Waals surface area contributed by atoms with Crippen LogP contribution in [0, 0.1) is 5.92 Å². The van der Waals surface area contributed by atoms with E-state index >= 15 is 0 Å². The Hall–Kier alpha value is -1.80. The van der Waals surface area contributed by atoms with Crippen molar-refractivity contribution in [1.29, 1.82) is 0 Å². The molecule has 1 saturated carbocycles. The lowest BCUT2D eigenvalue weighted by Gasteiger charge is -2.25. The zero-order valence-corrected chi connectivity index (χ0v) is 18.5. The maximum Gasteiger partial charge on any atom is 0.213 e. The Morgan fingerprint density at radius 1 is 1.24 bits per heavy atom. The normalized spacial score (nSPS) is 19.1. The van der Waals surface area contributed by atoms with E-state index in [1.54, 1.807) is 7.05 Å². The van der Waals surface area contributed by atoms with Crippen LogP contribution >= 0.6 is 0 Å². The lowest BCUT2D eigenvalue weighted by atomic mass is 9.86. The van der Waals surface area contributed by atoms with Gasteiger partial charge in [0, 0.05) is 38.9 Å². The Bertz CT molecular complexity index is 786. The topological polar surface area (TPSA) is 85.8 Å². The Morgan fingerprint density at radius 2 is 2.00 bits per heavy atom. The molecule has 3 N–H and O–H groups in total. The van der Waals surface area contributed by atoms with Gasteiger partial charge < -0.3 is 15.5 Å². The van der Waals surface area contributed by atoms with Crippen molar-refractivity contribution in [3.05, 3.63) is 29.8 Å². The van der Waals surface area contributed by atoms with Crippen molar-refractivity contribution in [3.8, 4) is 0 Å². The van der Waals surface area contributed by atoms with Crippen molar-refractivity contribution >= 4 is 21.7 Å². The number of benzene rings is 1. The molecule has 1 atom stereocenters. The van der Waals surface area contributed by atoms with Crippen molar-refractivity contribution in [1.82, 2.24) is 15.4 Å². The third-order valence-corrected chi connectivity index (χ3v) is 7.25. The monoisotopic (exact) mass is 421 g/mol. The van der Waals surface area contributed by atoms with Crippen molar-refractivity contribution in [2.45, 2.75) is 45.1 Å². The Labute approximate surface area is 175 Å². The highest BCUT2D eigenvalue weighted by atomic mass is 32.2. The highest BCUT2D eigenvalue weighted by Crippen LogP contribution is 2.25. The molecule has 0 radical (unpaired) electrons. The number of nitrogens with one attached hydrogen (secondary N) is 3. The summed E-state index contributed by atoms with van der Waals surface area (Å²) >= 11 is 0. The molecule has 1 saturated heterocycles. The van der Waals surface area contributed by atoms with Gasteiger partial charge >= 0.3 is 0 Å². The summed E-state index contributed by atoms with van der Waals surface area (Å²) in [7, 11) is -1.55. The van der Waals surface area contributed by atoms with Gasteiger partial charge in [-0.3, -0.25) is 4.99 Å². The Balaban J connectivity index is 1.46. The van der Waals surface area contributed by atoms with Crippen LogP contribution < -0.4 is 20.3 Å². The molecule has 29 heavy (non-hydrogen) atoms. The zero-order chi connectivity index (χ0) is 20.7. The lowest BCUT2D eigenvalue weighted by Crippen LogP contribution is -2.42. The summed E-state index contributed by atoms with van der Waals surface area (Å²) in [5, 5.41) is 6.48. The highest BCUT2D eigenvalue weighted by molar-refractivity contribution is 7.89. The predicted molar refractivity (Wildman–Crippen MR) is 120 cm³/mol. The van der Waals surface area contributed by atoms with Crippen LogP contribution in [0.15, 0.2) is 29.3 Å². The molecule has 0 aromatic heterocycles. The molecule has 1 aliphatic heterocycles. The molecule has 2 aliphatic rings. The molecule has 2 fully saturated rings. The van der Waals surface area contributed by atoms with Gasteiger partial charge in [0.2, 0.25) is 10.0 Å². The van der Waals surface area contributed by atoms with Gasteiger partial charge in [-0.15, -0.1) is 0 Å². The number of hydrogen-bond acceptors (Lipinski definition) is 4. The molecule has 0 bridgehead atoms. The minimum atomic E-state index is -3.25. The molecule has 162 valence electrons. The summed E-state index contributed by atoms with van der Waals surface area (Å²) in [5.41, 5.74) is 2.45. The fraction of sp³-hybridized carbons (Fsp3) is 0.667. The summed E-state index contributed by atoms with van der Waals surface area (Å²) in [4.78, 5) is 6.66. The molecule has 0 amide bonds. The Kier molecular flexibility index (Phi) is 7.77.